The van der Waals surface area contributed by atoms with E-state index in [0.717, 1.165) is 5.69 Å². The number of amides is 1. The van der Waals surface area contributed by atoms with E-state index in [-0.39, 0.29) is 30.3 Å². The molecular weight excluding hydrogens is 466 g/mol. The number of rotatable bonds is 8. The van der Waals surface area contributed by atoms with Crippen LogP contribution >= 0.6 is 0 Å². The highest BCUT2D eigenvalue weighted by molar-refractivity contribution is 6.05. The molecule has 0 radical (unpaired) electrons. The maximum atomic E-state index is 13.2. The number of esters is 3. The standard InChI is InChI=1S/C26H33N3O7/c1-5-34-24(31)21-17(3)27-18(4)22(25(32)35-6-2)23(21)26(33)36-16-20(30)29-14-12-28(13-15-29)19-10-8-7-9-11-19/h7-11,23,27H,5-6,12-16H2,1-4H3. The van der Waals surface area contributed by atoms with Crippen LogP contribution in [-0.4, -0.2) is 74.7 Å². The fraction of sp³-hybridized carbons (Fsp3) is 0.462. The van der Waals surface area contributed by atoms with Crippen molar-refractivity contribution in [3.8, 4) is 0 Å². The molecule has 0 saturated carbocycles. The zero-order valence-electron chi connectivity index (χ0n) is 21.2. The SMILES string of the molecule is CCOC(=O)C1=C(C)NC(C)=C(C(=O)OCC)C1C(=O)OCC(=O)N1CCN(c2ccccc2)CC1. The van der Waals surface area contributed by atoms with E-state index in [1.165, 1.54) is 0 Å². The first kappa shape index (κ1) is 26.8. The predicted molar refractivity (Wildman–Crippen MR) is 131 cm³/mol. The van der Waals surface area contributed by atoms with Gasteiger partial charge in [0.05, 0.1) is 24.4 Å². The summed E-state index contributed by atoms with van der Waals surface area (Å²) < 4.78 is 15.6. The molecule has 36 heavy (non-hydrogen) atoms. The van der Waals surface area contributed by atoms with Crippen LogP contribution in [0.3, 0.4) is 0 Å². The van der Waals surface area contributed by atoms with Crippen LogP contribution < -0.4 is 10.2 Å². The van der Waals surface area contributed by atoms with Gasteiger partial charge in [0.25, 0.3) is 5.91 Å². The second kappa shape index (κ2) is 12.2. The van der Waals surface area contributed by atoms with E-state index in [1.54, 1.807) is 32.6 Å². The molecule has 0 atom stereocenters. The number of carbonyl (C=O) groups is 4. The summed E-state index contributed by atoms with van der Waals surface area (Å²) in [4.78, 5) is 55.3. The zero-order valence-corrected chi connectivity index (χ0v) is 21.2. The molecule has 0 spiro atoms. The van der Waals surface area contributed by atoms with Gasteiger partial charge in [0.2, 0.25) is 0 Å². The Morgan fingerprint density at radius 3 is 1.86 bits per heavy atom. The van der Waals surface area contributed by atoms with Crippen molar-refractivity contribution in [1.82, 2.24) is 10.2 Å². The molecule has 1 N–H and O–H groups in total. The zero-order chi connectivity index (χ0) is 26.2. The summed E-state index contributed by atoms with van der Waals surface area (Å²) in [7, 11) is 0. The van der Waals surface area contributed by atoms with Gasteiger partial charge in [0, 0.05) is 43.3 Å². The van der Waals surface area contributed by atoms with Crippen LogP contribution in [0.1, 0.15) is 27.7 Å². The lowest BCUT2D eigenvalue weighted by molar-refractivity contribution is -0.156. The van der Waals surface area contributed by atoms with E-state index in [0.29, 0.717) is 37.6 Å². The number of anilines is 1. The summed E-state index contributed by atoms with van der Waals surface area (Å²) >= 11 is 0. The van der Waals surface area contributed by atoms with Gasteiger partial charge in [-0.15, -0.1) is 0 Å². The third-order valence-corrected chi connectivity index (χ3v) is 6.08. The molecule has 10 nitrogen and oxygen atoms in total. The highest BCUT2D eigenvalue weighted by Gasteiger charge is 2.42. The molecular formula is C26H33N3O7. The largest absolute Gasteiger partial charge is 0.463 e. The number of para-hydroxylation sites is 1. The first-order chi connectivity index (χ1) is 17.3. The molecule has 1 aromatic rings. The molecule has 2 aliphatic heterocycles. The van der Waals surface area contributed by atoms with Crippen molar-refractivity contribution >= 4 is 29.5 Å². The first-order valence-corrected chi connectivity index (χ1v) is 12.1. The molecule has 0 unspecified atom stereocenters. The number of piperazine rings is 1. The van der Waals surface area contributed by atoms with Gasteiger partial charge in [-0.3, -0.25) is 9.59 Å². The van der Waals surface area contributed by atoms with Crippen molar-refractivity contribution < 1.29 is 33.4 Å². The number of dihydropyridines is 1. The second-order valence-corrected chi connectivity index (χ2v) is 8.39. The Labute approximate surface area is 210 Å². The Hall–Kier alpha value is -3.82. The fourth-order valence-corrected chi connectivity index (χ4v) is 4.35. The molecule has 0 aromatic heterocycles. The van der Waals surface area contributed by atoms with E-state index in [4.69, 9.17) is 14.2 Å². The van der Waals surface area contributed by atoms with Crippen molar-refractivity contribution in [2.75, 3.05) is 50.9 Å². The van der Waals surface area contributed by atoms with Gasteiger partial charge >= 0.3 is 17.9 Å². The molecule has 0 bridgehead atoms. The Morgan fingerprint density at radius 2 is 1.36 bits per heavy atom. The fourth-order valence-electron chi connectivity index (χ4n) is 4.35. The van der Waals surface area contributed by atoms with Crippen LogP contribution in [0.2, 0.25) is 0 Å². The summed E-state index contributed by atoms with van der Waals surface area (Å²) in [6.07, 6.45) is 0. The summed E-state index contributed by atoms with van der Waals surface area (Å²) in [6, 6.07) is 9.92. The van der Waals surface area contributed by atoms with Crippen molar-refractivity contribution in [1.29, 1.82) is 0 Å². The first-order valence-electron chi connectivity index (χ1n) is 12.1. The quantitative estimate of drug-likeness (QED) is 0.422. The lowest BCUT2D eigenvalue weighted by atomic mass is 9.85. The average molecular weight is 500 g/mol. The summed E-state index contributed by atoms with van der Waals surface area (Å²) in [5, 5.41) is 2.95. The smallest absolute Gasteiger partial charge is 0.337 e. The molecule has 2 aliphatic rings. The lowest BCUT2D eigenvalue weighted by Crippen LogP contribution is -2.50. The number of nitrogens with zero attached hydrogens (tertiary/aromatic N) is 2. The van der Waals surface area contributed by atoms with Crippen molar-refractivity contribution in [2.45, 2.75) is 27.7 Å². The number of allylic oxidation sites excluding steroid dienone is 2. The van der Waals surface area contributed by atoms with Crippen LogP contribution in [0.5, 0.6) is 0 Å². The molecule has 2 heterocycles. The minimum absolute atomic E-state index is 0.0422. The molecule has 10 heteroatoms. The third kappa shape index (κ3) is 6.05. The third-order valence-electron chi connectivity index (χ3n) is 6.08. The topological polar surface area (TPSA) is 114 Å². The lowest BCUT2D eigenvalue weighted by Gasteiger charge is -2.36. The predicted octanol–water partition coefficient (Wildman–Crippen LogP) is 1.77. The summed E-state index contributed by atoms with van der Waals surface area (Å²) in [5.74, 6) is -4.10. The van der Waals surface area contributed by atoms with Gasteiger partial charge in [-0.1, -0.05) is 18.2 Å². The van der Waals surface area contributed by atoms with Gasteiger partial charge in [0.1, 0.15) is 5.92 Å². The Morgan fingerprint density at radius 1 is 0.833 bits per heavy atom. The highest BCUT2D eigenvalue weighted by Crippen LogP contribution is 2.32. The highest BCUT2D eigenvalue weighted by atomic mass is 16.5. The maximum absolute atomic E-state index is 13.2. The molecule has 1 amide bonds. The number of hydrogen-bond donors (Lipinski definition) is 1. The summed E-state index contributed by atoms with van der Waals surface area (Å²) in [6.45, 7) is 8.44. The van der Waals surface area contributed by atoms with Crippen molar-refractivity contribution in [3.05, 3.63) is 52.9 Å². The number of ether oxygens (including phenoxy) is 3. The molecule has 194 valence electrons. The Kier molecular flexibility index (Phi) is 9.10. The van der Waals surface area contributed by atoms with Gasteiger partial charge in [-0.25, -0.2) is 9.59 Å². The molecule has 1 saturated heterocycles. The Bertz CT molecular complexity index is 1020. The minimum Gasteiger partial charge on any atom is -0.463 e. The van der Waals surface area contributed by atoms with Crippen LogP contribution in [0, 0.1) is 5.92 Å². The second-order valence-electron chi connectivity index (χ2n) is 8.39. The van der Waals surface area contributed by atoms with Crippen molar-refractivity contribution in [2.24, 2.45) is 5.92 Å². The monoisotopic (exact) mass is 499 g/mol. The van der Waals surface area contributed by atoms with Crippen LogP contribution in [0.25, 0.3) is 0 Å². The van der Waals surface area contributed by atoms with E-state index in [2.05, 4.69) is 10.2 Å². The van der Waals surface area contributed by atoms with Crippen LogP contribution in [0.15, 0.2) is 52.9 Å². The van der Waals surface area contributed by atoms with Gasteiger partial charge in [0.15, 0.2) is 6.61 Å². The molecule has 3 rings (SSSR count). The van der Waals surface area contributed by atoms with E-state index in [9.17, 15) is 19.2 Å². The summed E-state index contributed by atoms with van der Waals surface area (Å²) in [5.41, 5.74) is 1.73. The van der Waals surface area contributed by atoms with Crippen LogP contribution in [-0.2, 0) is 33.4 Å². The van der Waals surface area contributed by atoms with E-state index in [1.807, 2.05) is 30.3 Å². The van der Waals surface area contributed by atoms with E-state index >= 15 is 0 Å². The van der Waals surface area contributed by atoms with Gasteiger partial charge in [-0.05, 0) is 39.8 Å². The van der Waals surface area contributed by atoms with E-state index < -0.39 is 30.4 Å². The van der Waals surface area contributed by atoms with Crippen molar-refractivity contribution in [3.63, 3.8) is 0 Å². The van der Waals surface area contributed by atoms with Gasteiger partial charge < -0.3 is 29.3 Å². The minimum atomic E-state index is -1.37. The normalized spacial score (nSPS) is 16.4. The number of nitrogens with one attached hydrogen (secondary N) is 1. The number of hydrogen-bond acceptors (Lipinski definition) is 9. The van der Waals surface area contributed by atoms with Crippen LogP contribution in [0.4, 0.5) is 5.69 Å². The molecule has 0 aliphatic carbocycles. The maximum Gasteiger partial charge on any atom is 0.337 e. The van der Waals surface area contributed by atoms with Gasteiger partial charge in [-0.2, -0.15) is 0 Å². The number of carbonyl (C=O) groups excluding carboxylic acids is 4. The molecule has 1 fully saturated rings. The molecule has 1 aromatic carbocycles. The Balaban J connectivity index is 1.70. The number of benzene rings is 1. The average Bonchev–Trinajstić information content (AvgIpc) is 2.87.